The second kappa shape index (κ2) is 4.60. The molecule has 0 saturated carbocycles. The van der Waals surface area contributed by atoms with Gasteiger partial charge in [0.25, 0.3) is 0 Å². The third-order valence-electron chi connectivity index (χ3n) is 2.56. The van der Waals surface area contributed by atoms with Crippen LogP contribution in [-0.4, -0.2) is 38.4 Å². The Kier molecular flexibility index (Phi) is 3.99. The van der Waals surface area contributed by atoms with Crippen molar-refractivity contribution in [2.45, 2.75) is 18.6 Å². The van der Waals surface area contributed by atoms with Crippen LogP contribution in [0.25, 0.3) is 6.08 Å². The van der Waals surface area contributed by atoms with Gasteiger partial charge in [0.2, 0.25) is 0 Å². The maximum absolute atomic E-state index is 2.41. The Balaban J connectivity index is 0.000000845. The van der Waals surface area contributed by atoms with Gasteiger partial charge in [0.1, 0.15) is 0 Å². The van der Waals surface area contributed by atoms with Crippen molar-refractivity contribution in [2.24, 2.45) is 0 Å². The van der Waals surface area contributed by atoms with E-state index in [-0.39, 0.29) is 29.6 Å². The fourth-order valence-corrected chi connectivity index (χ4v) is 3.44. The summed E-state index contributed by atoms with van der Waals surface area (Å²) in [5.74, 6) is 0. The van der Waals surface area contributed by atoms with E-state index in [4.69, 9.17) is 0 Å². The summed E-state index contributed by atoms with van der Waals surface area (Å²) in [6.45, 7) is 4.83. The molecule has 64 valence electrons. The van der Waals surface area contributed by atoms with E-state index in [2.05, 4.69) is 49.5 Å². The molecule has 1 aliphatic carbocycles. The molecule has 2 heteroatoms. The molecule has 0 spiro atoms. The molecule has 13 heavy (non-hydrogen) atoms. The second-order valence-corrected chi connectivity index (χ2v) is 6.96. The van der Waals surface area contributed by atoms with Crippen molar-refractivity contribution in [1.29, 1.82) is 0 Å². The molecule has 0 fully saturated rings. The molecule has 0 aliphatic heterocycles. The third kappa shape index (κ3) is 2.16. The molecule has 1 unspecified atom stereocenters. The monoisotopic (exact) mass is 198 g/mol. The molecule has 0 radical (unpaired) electrons. The summed E-state index contributed by atoms with van der Waals surface area (Å²) in [4.78, 5) is 0. The van der Waals surface area contributed by atoms with Gasteiger partial charge in [-0.25, -0.2) is 0 Å². The molecular formula is C11H15NaSi. The first-order valence-electron chi connectivity index (χ1n) is 4.56. The molecule has 0 nitrogen and oxygen atoms in total. The minimum absolute atomic E-state index is 0. The van der Waals surface area contributed by atoms with Gasteiger partial charge in [0, 0.05) is 8.80 Å². The van der Waals surface area contributed by atoms with E-state index >= 15 is 0 Å². The molecule has 2 rings (SSSR count). The molecule has 0 N–H and O–H groups in total. The Morgan fingerprint density at radius 3 is 2.54 bits per heavy atom. The van der Waals surface area contributed by atoms with Crippen molar-refractivity contribution < 1.29 is 0 Å². The van der Waals surface area contributed by atoms with E-state index in [1.165, 1.54) is 5.56 Å². The van der Waals surface area contributed by atoms with Gasteiger partial charge in [-0.15, -0.1) is 0 Å². The van der Waals surface area contributed by atoms with Crippen molar-refractivity contribution in [2.75, 3.05) is 0 Å². The van der Waals surface area contributed by atoms with Gasteiger partial charge >= 0.3 is 29.6 Å². The standard InChI is InChI=1S/C11H14Si.Na.H/c1-12(2)11-8-7-9-5-3-4-6-10(9)11;;/h3-8,11-12H,1-2H3;;. The quantitative estimate of drug-likeness (QED) is 0.607. The fourth-order valence-electron chi connectivity index (χ4n) is 1.86. The van der Waals surface area contributed by atoms with E-state index < -0.39 is 8.80 Å². The Morgan fingerprint density at radius 2 is 1.85 bits per heavy atom. The molecule has 1 aliphatic rings. The molecule has 1 aromatic rings. The molecular weight excluding hydrogens is 183 g/mol. The summed E-state index contributed by atoms with van der Waals surface area (Å²) in [6, 6.07) is 8.75. The Labute approximate surface area is 104 Å². The normalized spacial score (nSPS) is 18.5. The van der Waals surface area contributed by atoms with Crippen LogP contribution in [0.3, 0.4) is 0 Å². The van der Waals surface area contributed by atoms with Crippen molar-refractivity contribution >= 4 is 44.4 Å². The predicted molar refractivity (Wildman–Crippen MR) is 64.2 cm³/mol. The van der Waals surface area contributed by atoms with Gasteiger partial charge in [-0.1, -0.05) is 49.5 Å². The van der Waals surface area contributed by atoms with Crippen molar-refractivity contribution in [1.82, 2.24) is 0 Å². The van der Waals surface area contributed by atoms with Crippen LogP contribution in [-0.2, 0) is 0 Å². The molecule has 0 aromatic heterocycles. The number of allylic oxidation sites excluding steroid dienone is 1. The zero-order valence-electron chi connectivity index (χ0n) is 7.62. The molecule has 0 amide bonds. The van der Waals surface area contributed by atoms with Crippen LogP contribution >= 0.6 is 0 Å². The van der Waals surface area contributed by atoms with Crippen molar-refractivity contribution in [3.05, 3.63) is 41.5 Å². The fraction of sp³-hybridized carbons (Fsp3) is 0.273. The van der Waals surface area contributed by atoms with Gasteiger partial charge in [-0.2, -0.15) is 0 Å². The van der Waals surface area contributed by atoms with Gasteiger partial charge in [-0.3, -0.25) is 0 Å². The topological polar surface area (TPSA) is 0 Å². The number of fused-ring (bicyclic) bond motifs is 1. The third-order valence-corrected chi connectivity index (χ3v) is 4.57. The van der Waals surface area contributed by atoms with Crippen LogP contribution in [0.1, 0.15) is 16.7 Å². The average molecular weight is 198 g/mol. The molecule has 0 bridgehead atoms. The van der Waals surface area contributed by atoms with Crippen LogP contribution in [0, 0.1) is 0 Å². The van der Waals surface area contributed by atoms with Gasteiger partial charge in [0.05, 0.1) is 0 Å². The molecule has 0 saturated heterocycles. The van der Waals surface area contributed by atoms with Crippen LogP contribution < -0.4 is 0 Å². The van der Waals surface area contributed by atoms with E-state index in [1.54, 1.807) is 5.56 Å². The van der Waals surface area contributed by atoms with Gasteiger partial charge < -0.3 is 0 Å². The number of hydrogen-bond acceptors (Lipinski definition) is 0. The van der Waals surface area contributed by atoms with Crippen LogP contribution in [0.2, 0.25) is 13.1 Å². The first kappa shape index (κ1) is 11.3. The average Bonchev–Trinajstić information content (AvgIpc) is 2.47. The molecule has 1 atom stereocenters. The summed E-state index contributed by atoms with van der Waals surface area (Å²) < 4.78 is 0. The summed E-state index contributed by atoms with van der Waals surface area (Å²) in [6.07, 6.45) is 4.65. The van der Waals surface area contributed by atoms with E-state index in [9.17, 15) is 0 Å². The van der Waals surface area contributed by atoms with Crippen LogP contribution in [0.4, 0.5) is 0 Å². The summed E-state index contributed by atoms with van der Waals surface area (Å²) in [7, 11) is -0.547. The minimum atomic E-state index is -0.547. The second-order valence-electron chi connectivity index (χ2n) is 3.76. The molecule has 1 aromatic carbocycles. The number of benzene rings is 1. The predicted octanol–water partition coefficient (Wildman–Crippen LogP) is 2.17. The first-order chi connectivity index (χ1) is 5.79. The molecule has 0 heterocycles. The Morgan fingerprint density at radius 1 is 1.15 bits per heavy atom. The van der Waals surface area contributed by atoms with Gasteiger partial charge in [0.15, 0.2) is 0 Å². The van der Waals surface area contributed by atoms with Crippen molar-refractivity contribution in [3.63, 3.8) is 0 Å². The van der Waals surface area contributed by atoms with Crippen molar-refractivity contribution in [3.8, 4) is 0 Å². The summed E-state index contributed by atoms with van der Waals surface area (Å²) in [5, 5.41) is 0. The zero-order valence-corrected chi connectivity index (χ0v) is 8.77. The summed E-state index contributed by atoms with van der Waals surface area (Å²) in [5.41, 5.74) is 3.77. The number of rotatable bonds is 1. The van der Waals surface area contributed by atoms with E-state index in [0.717, 1.165) is 5.54 Å². The zero-order chi connectivity index (χ0) is 8.55. The first-order valence-corrected chi connectivity index (χ1v) is 7.54. The van der Waals surface area contributed by atoms with Gasteiger partial charge in [-0.05, 0) is 16.7 Å². The van der Waals surface area contributed by atoms with Crippen LogP contribution in [0.15, 0.2) is 30.3 Å². The maximum atomic E-state index is 2.41. The SMILES string of the molecule is C[SiH](C)C1C=Cc2ccccc21.[NaH]. The van der Waals surface area contributed by atoms with E-state index in [0.29, 0.717) is 0 Å². The van der Waals surface area contributed by atoms with E-state index in [1.807, 2.05) is 0 Å². The number of hydrogen-bond donors (Lipinski definition) is 0. The Hall–Kier alpha value is 0.177. The van der Waals surface area contributed by atoms with Crippen LogP contribution in [0.5, 0.6) is 0 Å². The summed E-state index contributed by atoms with van der Waals surface area (Å²) >= 11 is 0. The Bertz CT molecular complexity index is 318.